The molecule has 0 unspecified atom stereocenters. The molecule has 0 saturated heterocycles. The predicted octanol–water partition coefficient (Wildman–Crippen LogP) is 3.30. The second-order valence-corrected chi connectivity index (χ2v) is 3.80. The van der Waals surface area contributed by atoms with Crippen LogP contribution in [-0.4, -0.2) is 5.91 Å². The molecular formula is C13H19NO. The van der Waals surface area contributed by atoms with E-state index in [-0.39, 0.29) is 5.91 Å². The van der Waals surface area contributed by atoms with E-state index in [0.29, 0.717) is 6.42 Å². The first-order chi connectivity index (χ1) is 7.17. The minimum Gasteiger partial charge on any atom is -0.326 e. The highest BCUT2D eigenvalue weighted by Gasteiger charge is 2.03. The van der Waals surface area contributed by atoms with Gasteiger partial charge in [0.05, 0.1) is 0 Å². The monoisotopic (exact) mass is 205 g/mol. The van der Waals surface area contributed by atoms with E-state index in [4.69, 9.17) is 0 Å². The predicted molar refractivity (Wildman–Crippen MR) is 64.1 cm³/mol. The van der Waals surface area contributed by atoms with E-state index in [1.165, 1.54) is 5.56 Å². The molecule has 0 bridgehead atoms. The van der Waals surface area contributed by atoms with Crippen LogP contribution < -0.4 is 5.32 Å². The smallest absolute Gasteiger partial charge is 0.224 e. The molecular weight excluding hydrogens is 186 g/mol. The van der Waals surface area contributed by atoms with E-state index in [9.17, 15) is 4.79 Å². The molecule has 1 aromatic rings. The van der Waals surface area contributed by atoms with Crippen LogP contribution in [0.3, 0.4) is 0 Å². The summed E-state index contributed by atoms with van der Waals surface area (Å²) < 4.78 is 0. The quantitative estimate of drug-likeness (QED) is 0.802. The van der Waals surface area contributed by atoms with Crippen LogP contribution in [0.2, 0.25) is 0 Å². The fourth-order valence-corrected chi connectivity index (χ4v) is 1.46. The molecule has 0 atom stereocenters. The molecule has 1 aromatic carbocycles. The molecule has 0 aromatic heterocycles. The Morgan fingerprint density at radius 3 is 2.67 bits per heavy atom. The molecule has 0 radical (unpaired) electrons. The second kappa shape index (κ2) is 5.54. The first-order valence-corrected chi connectivity index (χ1v) is 5.56. The SMILES string of the molecule is CCCC(=O)Nc1cc(CC)ccc1C. The Labute approximate surface area is 91.7 Å². The van der Waals surface area contributed by atoms with Crippen molar-refractivity contribution in [1.29, 1.82) is 0 Å². The molecule has 15 heavy (non-hydrogen) atoms. The van der Waals surface area contributed by atoms with Gasteiger partial charge >= 0.3 is 0 Å². The van der Waals surface area contributed by atoms with Gasteiger partial charge in [-0.1, -0.05) is 26.0 Å². The first-order valence-electron chi connectivity index (χ1n) is 5.56. The number of hydrogen-bond acceptors (Lipinski definition) is 1. The van der Waals surface area contributed by atoms with Crippen molar-refractivity contribution in [2.24, 2.45) is 0 Å². The molecule has 0 saturated carbocycles. The molecule has 1 rings (SSSR count). The summed E-state index contributed by atoms with van der Waals surface area (Å²) in [4.78, 5) is 11.5. The van der Waals surface area contributed by atoms with E-state index in [1.807, 2.05) is 13.8 Å². The van der Waals surface area contributed by atoms with Crippen LogP contribution in [0.5, 0.6) is 0 Å². The van der Waals surface area contributed by atoms with Crippen molar-refractivity contribution in [2.45, 2.75) is 40.0 Å². The van der Waals surface area contributed by atoms with Crippen LogP contribution in [0.25, 0.3) is 0 Å². The van der Waals surface area contributed by atoms with Crippen molar-refractivity contribution in [3.8, 4) is 0 Å². The van der Waals surface area contributed by atoms with Gasteiger partial charge in [0.25, 0.3) is 0 Å². The summed E-state index contributed by atoms with van der Waals surface area (Å²) in [6.07, 6.45) is 2.48. The van der Waals surface area contributed by atoms with E-state index in [2.05, 4.69) is 30.4 Å². The van der Waals surface area contributed by atoms with Crippen LogP contribution in [-0.2, 0) is 11.2 Å². The molecule has 0 fully saturated rings. The number of rotatable bonds is 4. The van der Waals surface area contributed by atoms with Crippen LogP contribution in [0.15, 0.2) is 18.2 Å². The van der Waals surface area contributed by atoms with Gasteiger partial charge in [-0.25, -0.2) is 0 Å². The van der Waals surface area contributed by atoms with Crippen LogP contribution >= 0.6 is 0 Å². The fourth-order valence-electron chi connectivity index (χ4n) is 1.46. The topological polar surface area (TPSA) is 29.1 Å². The number of carbonyl (C=O) groups excluding carboxylic acids is 1. The number of anilines is 1. The molecule has 0 heterocycles. The highest BCUT2D eigenvalue weighted by Crippen LogP contribution is 2.17. The number of amides is 1. The third kappa shape index (κ3) is 3.39. The summed E-state index contributed by atoms with van der Waals surface area (Å²) in [7, 11) is 0. The van der Waals surface area contributed by atoms with Gasteiger partial charge in [-0.2, -0.15) is 0 Å². The van der Waals surface area contributed by atoms with Crippen molar-refractivity contribution in [2.75, 3.05) is 5.32 Å². The number of nitrogens with one attached hydrogen (secondary N) is 1. The van der Waals surface area contributed by atoms with Gasteiger partial charge in [0.15, 0.2) is 0 Å². The summed E-state index contributed by atoms with van der Waals surface area (Å²) in [6, 6.07) is 6.22. The normalized spacial score (nSPS) is 10.1. The number of aryl methyl sites for hydroxylation is 2. The van der Waals surface area contributed by atoms with Crippen molar-refractivity contribution in [1.82, 2.24) is 0 Å². The lowest BCUT2D eigenvalue weighted by molar-refractivity contribution is -0.116. The number of benzene rings is 1. The van der Waals surface area contributed by atoms with E-state index < -0.39 is 0 Å². The molecule has 0 aliphatic carbocycles. The van der Waals surface area contributed by atoms with Crippen LogP contribution in [0.4, 0.5) is 5.69 Å². The minimum atomic E-state index is 0.105. The lowest BCUT2D eigenvalue weighted by Gasteiger charge is -2.09. The highest BCUT2D eigenvalue weighted by molar-refractivity contribution is 5.91. The van der Waals surface area contributed by atoms with E-state index in [1.54, 1.807) is 0 Å². The molecule has 1 N–H and O–H groups in total. The second-order valence-electron chi connectivity index (χ2n) is 3.80. The Kier molecular flexibility index (Phi) is 4.35. The molecule has 1 amide bonds. The van der Waals surface area contributed by atoms with Crippen LogP contribution in [0.1, 0.15) is 37.8 Å². The van der Waals surface area contributed by atoms with Crippen molar-refractivity contribution in [3.05, 3.63) is 29.3 Å². The van der Waals surface area contributed by atoms with Gasteiger partial charge in [0.2, 0.25) is 5.91 Å². The van der Waals surface area contributed by atoms with Gasteiger partial charge < -0.3 is 5.32 Å². The van der Waals surface area contributed by atoms with Gasteiger partial charge in [-0.3, -0.25) is 4.79 Å². The first kappa shape index (κ1) is 11.8. The molecule has 0 aliphatic rings. The van der Waals surface area contributed by atoms with Gasteiger partial charge in [-0.15, -0.1) is 0 Å². The molecule has 0 aliphatic heterocycles. The van der Waals surface area contributed by atoms with Crippen molar-refractivity contribution in [3.63, 3.8) is 0 Å². The highest BCUT2D eigenvalue weighted by atomic mass is 16.1. The largest absolute Gasteiger partial charge is 0.326 e. The van der Waals surface area contributed by atoms with E-state index >= 15 is 0 Å². The average Bonchev–Trinajstić information content (AvgIpc) is 2.21. The van der Waals surface area contributed by atoms with Crippen molar-refractivity contribution < 1.29 is 4.79 Å². The maximum atomic E-state index is 11.5. The standard InChI is InChI=1S/C13H19NO/c1-4-6-13(15)14-12-9-11(5-2)8-7-10(12)3/h7-9H,4-6H2,1-3H3,(H,14,15). The summed E-state index contributed by atoms with van der Waals surface area (Å²) in [6.45, 7) is 6.14. The van der Waals surface area contributed by atoms with Crippen molar-refractivity contribution >= 4 is 11.6 Å². The maximum Gasteiger partial charge on any atom is 0.224 e. The molecule has 2 nitrogen and oxygen atoms in total. The molecule has 82 valence electrons. The Bertz CT molecular complexity index is 344. The third-order valence-corrected chi connectivity index (χ3v) is 2.46. The summed E-state index contributed by atoms with van der Waals surface area (Å²) in [5.41, 5.74) is 3.33. The van der Waals surface area contributed by atoms with Gasteiger partial charge in [0, 0.05) is 12.1 Å². The fraction of sp³-hybridized carbons (Fsp3) is 0.462. The minimum absolute atomic E-state index is 0.105. The van der Waals surface area contributed by atoms with Gasteiger partial charge in [-0.05, 0) is 37.0 Å². The lowest BCUT2D eigenvalue weighted by atomic mass is 10.1. The Hall–Kier alpha value is -1.31. The van der Waals surface area contributed by atoms with Gasteiger partial charge in [0.1, 0.15) is 0 Å². The van der Waals surface area contributed by atoms with Crippen LogP contribution in [0, 0.1) is 6.92 Å². The Balaban J connectivity index is 2.79. The number of hydrogen-bond donors (Lipinski definition) is 1. The summed E-state index contributed by atoms with van der Waals surface area (Å²) >= 11 is 0. The average molecular weight is 205 g/mol. The summed E-state index contributed by atoms with van der Waals surface area (Å²) in [5.74, 6) is 0.105. The zero-order valence-corrected chi connectivity index (χ0v) is 9.76. The Morgan fingerprint density at radius 2 is 2.07 bits per heavy atom. The maximum absolute atomic E-state index is 11.5. The van der Waals surface area contributed by atoms with E-state index in [0.717, 1.165) is 24.1 Å². The lowest BCUT2D eigenvalue weighted by Crippen LogP contribution is -2.11. The number of carbonyl (C=O) groups is 1. The Morgan fingerprint density at radius 1 is 1.33 bits per heavy atom. The molecule has 0 spiro atoms. The molecule has 2 heteroatoms. The third-order valence-electron chi connectivity index (χ3n) is 2.46. The zero-order chi connectivity index (χ0) is 11.3. The summed E-state index contributed by atoms with van der Waals surface area (Å²) in [5, 5.41) is 2.95. The zero-order valence-electron chi connectivity index (χ0n) is 9.76.